The fourth-order valence-corrected chi connectivity index (χ4v) is 3.41. The Labute approximate surface area is 144 Å². The summed E-state index contributed by atoms with van der Waals surface area (Å²) < 4.78 is 5.63. The number of carbonyl (C=O) groups excluding carboxylic acids is 1. The zero-order chi connectivity index (χ0) is 15.5. The predicted molar refractivity (Wildman–Crippen MR) is 96.3 cm³/mol. The van der Waals surface area contributed by atoms with E-state index in [0.717, 1.165) is 56.1 Å². The van der Waals surface area contributed by atoms with Gasteiger partial charge in [-0.25, -0.2) is 0 Å². The number of amides is 1. The molecule has 1 aromatic rings. The summed E-state index contributed by atoms with van der Waals surface area (Å²) in [4.78, 5) is 16.5. The number of anilines is 2. The SMILES string of the molecule is CCN1C(=O)CCCc2cc(N3CCNCC3)c(OC)cc21.Cl. The van der Waals surface area contributed by atoms with E-state index in [1.54, 1.807) is 7.11 Å². The molecule has 0 atom stereocenters. The van der Waals surface area contributed by atoms with Crippen molar-refractivity contribution >= 4 is 29.7 Å². The summed E-state index contributed by atoms with van der Waals surface area (Å²) in [6.07, 6.45) is 2.52. The second-order valence-electron chi connectivity index (χ2n) is 5.88. The first-order valence-corrected chi connectivity index (χ1v) is 8.21. The number of hydrogen-bond donors (Lipinski definition) is 1. The molecule has 1 saturated heterocycles. The molecule has 2 aliphatic rings. The van der Waals surface area contributed by atoms with Crippen LogP contribution in [0.25, 0.3) is 0 Å². The van der Waals surface area contributed by atoms with Crippen LogP contribution in [0.1, 0.15) is 25.3 Å². The van der Waals surface area contributed by atoms with Crippen LogP contribution < -0.4 is 19.9 Å². The third-order valence-corrected chi connectivity index (χ3v) is 4.58. The van der Waals surface area contributed by atoms with Crippen LogP contribution >= 0.6 is 12.4 Å². The lowest BCUT2D eigenvalue weighted by atomic mass is 10.0. The average molecular weight is 340 g/mol. The number of nitrogens with one attached hydrogen (secondary N) is 1. The highest BCUT2D eigenvalue weighted by atomic mass is 35.5. The van der Waals surface area contributed by atoms with E-state index < -0.39 is 0 Å². The Morgan fingerprint density at radius 3 is 2.57 bits per heavy atom. The van der Waals surface area contributed by atoms with Gasteiger partial charge in [0.25, 0.3) is 0 Å². The third-order valence-electron chi connectivity index (χ3n) is 4.58. The lowest BCUT2D eigenvalue weighted by Crippen LogP contribution is -2.43. The Morgan fingerprint density at radius 1 is 1.17 bits per heavy atom. The molecule has 2 aliphatic heterocycles. The van der Waals surface area contributed by atoms with Gasteiger partial charge in [-0.2, -0.15) is 0 Å². The summed E-state index contributed by atoms with van der Waals surface area (Å²) >= 11 is 0. The van der Waals surface area contributed by atoms with Crippen molar-refractivity contribution in [2.45, 2.75) is 26.2 Å². The highest BCUT2D eigenvalue weighted by Crippen LogP contribution is 2.38. The van der Waals surface area contributed by atoms with E-state index >= 15 is 0 Å². The normalized spacial score (nSPS) is 18.1. The average Bonchev–Trinajstić information content (AvgIpc) is 2.71. The van der Waals surface area contributed by atoms with Gasteiger partial charge in [-0.1, -0.05) is 0 Å². The molecule has 1 amide bonds. The van der Waals surface area contributed by atoms with Crippen molar-refractivity contribution < 1.29 is 9.53 Å². The van der Waals surface area contributed by atoms with Gasteiger partial charge < -0.3 is 19.9 Å². The number of methoxy groups -OCH3 is 1. The number of hydrogen-bond acceptors (Lipinski definition) is 4. The standard InChI is InChI=1S/C17H25N3O2.ClH/c1-3-20-14-12-16(22-2)15(19-9-7-18-8-10-19)11-13(14)5-4-6-17(20)21;/h11-12,18H,3-10H2,1-2H3;1H. The number of fused-ring (bicyclic) bond motifs is 1. The van der Waals surface area contributed by atoms with Gasteiger partial charge in [0.15, 0.2) is 0 Å². The maximum atomic E-state index is 12.3. The number of aryl methyl sites for hydroxylation is 1. The number of rotatable bonds is 3. The minimum atomic E-state index is 0. The molecule has 0 aliphatic carbocycles. The Balaban J connectivity index is 0.00000192. The summed E-state index contributed by atoms with van der Waals surface area (Å²) in [5.41, 5.74) is 3.45. The zero-order valence-corrected chi connectivity index (χ0v) is 14.7. The Kier molecular flexibility index (Phi) is 6.13. The lowest BCUT2D eigenvalue weighted by molar-refractivity contribution is -0.118. The Bertz CT molecular complexity index is 559. The van der Waals surface area contributed by atoms with Crippen LogP contribution in [0.2, 0.25) is 0 Å². The first-order valence-electron chi connectivity index (χ1n) is 8.21. The smallest absolute Gasteiger partial charge is 0.226 e. The molecular weight excluding hydrogens is 314 g/mol. The van der Waals surface area contributed by atoms with Gasteiger partial charge in [-0.05, 0) is 31.4 Å². The first-order chi connectivity index (χ1) is 10.7. The van der Waals surface area contributed by atoms with Crippen LogP contribution in [-0.2, 0) is 11.2 Å². The van der Waals surface area contributed by atoms with E-state index in [1.165, 1.54) is 5.56 Å². The summed E-state index contributed by atoms with van der Waals surface area (Å²) in [5, 5.41) is 3.38. The van der Waals surface area contributed by atoms with Crippen LogP contribution in [0, 0.1) is 0 Å². The minimum Gasteiger partial charge on any atom is -0.495 e. The Hall–Kier alpha value is -1.46. The van der Waals surface area contributed by atoms with Crippen molar-refractivity contribution in [1.29, 1.82) is 0 Å². The zero-order valence-electron chi connectivity index (χ0n) is 13.9. The third kappa shape index (κ3) is 3.56. The molecule has 128 valence electrons. The highest BCUT2D eigenvalue weighted by molar-refractivity contribution is 5.95. The largest absolute Gasteiger partial charge is 0.495 e. The van der Waals surface area contributed by atoms with Crippen LogP contribution in [0.15, 0.2) is 12.1 Å². The number of nitrogens with zero attached hydrogens (tertiary/aromatic N) is 2. The van der Waals surface area contributed by atoms with Crippen molar-refractivity contribution in [3.63, 3.8) is 0 Å². The van der Waals surface area contributed by atoms with Gasteiger partial charge in [-0.3, -0.25) is 4.79 Å². The fraction of sp³-hybridized carbons (Fsp3) is 0.588. The fourth-order valence-electron chi connectivity index (χ4n) is 3.41. The number of carbonyl (C=O) groups is 1. The van der Waals surface area contributed by atoms with Crippen LogP contribution in [0.4, 0.5) is 11.4 Å². The van der Waals surface area contributed by atoms with E-state index in [2.05, 4.69) is 22.3 Å². The molecule has 1 aromatic carbocycles. The van der Waals surface area contributed by atoms with Gasteiger partial charge in [0.05, 0.1) is 18.5 Å². The molecule has 0 bridgehead atoms. The highest BCUT2D eigenvalue weighted by Gasteiger charge is 2.24. The van der Waals surface area contributed by atoms with Gasteiger partial charge >= 0.3 is 0 Å². The van der Waals surface area contributed by atoms with Crippen molar-refractivity contribution in [2.75, 3.05) is 49.6 Å². The molecule has 0 unspecified atom stereocenters. The second-order valence-corrected chi connectivity index (χ2v) is 5.88. The van der Waals surface area contributed by atoms with E-state index in [-0.39, 0.29) is 18.3 Å². The molecular formula is C17H26ClN3O2. The molecule has 0 aromatic heterocycles. The maximum absolute atomic E-state index is 12.3. The molecule has 0 spiro atoms. The van der Waals surface area contributed by atoms with E-state index in [1.807, 2.05) is 11.8 Å². The van der Waals surface area contributed by atoms with Gasteiger partial charge in [0.2, 0.25) is 5.91 Å². The molecule has 1 N–H and O–H groups in total. The first kappa shape index (κ1) is 17.9. The predicted octanol–water partition coefficient (Wildman–Crippen LogP) is 2.22. The van der Waals surface area contributed by atoms with Crippen molar-refractivity contribution in [3.05, 3.63) is 17.7 Å². The van der Waals surface area contributed by atoms with Crippen molar-refractivity contribution in [3.8, 4) is 5.75 Å². The molecule has 1 fully saturated rings. The summed E-state index contributed by atoms with van der Waals surface area (Å²) in [6.45, 7) is 6.72. The number of halogens is 1. The quantitative estimate of drug-likeness (QED) is 0.917. The Morgan fingerprint density at radius 2 is 1.91 bits per heavy atom. The van der Waals surface area contributed by atoms with E-state index in [4.69, 9.17) is 4.74 Å². The maximum Gasteiger partial charge on any atom is 0.226 e. The topological polar surface area (TPSA) is 44.8 Å². The number of benzene rings is 1. The molecule has 5 nitrogen and oxygen atoms in total. The van der Waals surface area contributed by atoms with Crippen LogP contribution in [-0.4, -0.2) is 45.7 Å². The summed E-state index contributed by atoms with van der Waals surface area (Å²) in [7, 11) is 1.71. The summed E-state index contributed by atoms with van der Waals surface area (Å²) in [6, 6.07) is 4.29. The van der Waals surface area contributed by atoms with Crippen LogP contribution in [0.3, 0.4) is 0 Å². The van der Waals surface area contributed by atoms with Gasteiger partial charge in [0.1, 0.15) is 5.75 Å². The molecule has 0 radical (unpaired) electrons. The molecule has 2 heterocycles. The monoisotopic (exact) mass is 339 g/mol. The second kappa shape index (κ2) is 7.88. The lowest BCUT2D eigenvalue weighted by Gasteiger charge is -2.32. The number of ether oxygens (including phenoxy) is 1. The van der Waals surface area contributed by atoms with E-state index in [9.17, 15) is 4.79 Å². The van der Waals surface area contributed by atoms with E-state index in [0.29, 0.717) is 13.0 Å². The molecule has 3 rings (SSSR count). The molecule has 6 heteroatoms. The van der Waals surface area contributed by atoms with Gasteiger partial charge in [0, 0.05) is 45.2 Å². The number of piperazine rings is 1. The minimum absolute atomic E-state index is 0. The van der Waals surface area contributed by atoms with Gasteiger partial charge in [-0.15, -0.1) is 12.4 Å². The molecule has 23 heavy (non-hydrogen) atoms. The summed E-state index contributed by atoms with van der Waals surface area (Å²) in [5.74, 6) is 1.09. The molecule has 0 saturated carbocycles. The van der Waals surface area contributed by atoms with Crippen LogP contribution in [0.5, 0.6) is 5.75 Å². The van der Waals surface area contributed by atoms with Crippen molar-refractivity contribution in [2.24, 2.45) is 0 Å². The van der Waals surface area contributed by atoms with Crippen molar-refractivity contribution in [1.82, 2.24) is 5.32 Å².